The van der Waals surface area contributed by atoms with Crippen molar-refractivity contribution < 1.29 is 9.59 Å². The lowest BCUT2D eigenvalue weighted by molar-refractivity contribution is -0.120. The Hall–Kier alpha value is -2.08. The van der Waals surface area contributed by atoms with Crippen molar-refractivity contribution in [3.05, 3.63) is 66.2 Å². The van der Waals surface area contributed by atoms with Gasteiger partial charge in [-0.2, -0.15) is 5.10 Å². The number of hydrogen-bond donors (Lipinski definition) is 1. The van der Waals surface area contributed by atoms with Gasteiger partial charge in [0.1, 0.15) is 5.92 Å². The summed E-state index contributed by atoms with van der Waals surface area (Å²) in [6, 6.07) is 16.4. The Bertz CT molecular complexity index is 867. The fourth-order valence-corrected chi connectivity index (χ4v) is 3.43. The van der Waals surface area contributed by atoms with E-state index in [1.807, 2.05) is 6.07 Å². The Morgan fingerprint density at radius 3 is 2.19 bits per heavy atom. The van der Waals surface area contributed by atoms with E-state index in [4.69, 9.17) is 34.8 Å². The third-order valence-electron chi connectivity index (χ3n) is 4.19. The lowest BCUT2D eigenvalue weighted by Crippen LogP contribution is -2.53. The number of anilines is 1. The second-order valence-corrected chi connectivity index (χ2v) is 8.43. The van der Waals surface area contributed by atoms with Gasteiger partial charge in [-0.1, -0.05) is 71.2 Å². The minimum Gasteiger partial charge on any atom is -0.344 e. The van der Waals surface area contributed by atoms with Gasteiger partial charge in [0.15, 0.2) is 0 Å². The van der Waals surface area contributed by atoms with E-state index in [0.29, 0.717) is 17.0 Å². The molecule has 0 saturated carbocycles. The highest BCUT2D eigenvalue weighted by atomic mass is 35.6. The molecule has 140 valence electrons. The molecule has 0 saturated heterocycles. The molecule has 1 N–H and O–H groups in total. The van der Waals surface area contributed by atoms with Crippen LogP contribution in [0, 0.1) is 5.92 Å². The number of para-hydroxylation sites is 1. The van der Waals surface area contributed by atoms with Crippen LogP contribution in [0.15, 0.2) is 65.8 Å². The van der Waals surface area contributed by atoms with E-state index in [1.54, 1.807) is 61.5 Å². The highest BCUT2D eigenvalue weighted by molar-refractivity contribution is 6.68. The van der Waals surface area contributed by atoms with Gasteiger partial charge >= 0.3 is 0 Å². The Morgan fingerprint density at radius 2 is 1.63 bits per heavy atom. The summed E-state index contributed by atoms with van der Waals surface area (Å²) in [5, 5.41) is 8.26. The smallest absolute Gasteiger partial charge is 0.258 e. The molecule has 27 heavy (non-hydrogen) atoms. The average molecular weight is 425 g/mol. The van der Waals surface area contributed by atoms with Crippen molar-refractivity contribution in [1.82, 2.24) is 5.32 Å². The zero-order valence-electron chi connectivity index (χ0n) is 14.3. The normalized spacial score (nSPS) is 18.2. The number of carbonyl (C=O) groups is 2. The number of rotatable bonds is 4. The van der Waals surface area contributed by atoms with Gasteiger partial charge in [-0.3, -0.25) is 9.59 Å². The number of amides is 2. The van der Waals surface area contributed by atoms with Crippen molar-refractivity contribution in [3.63, 3.8) is 0 Å². The Balaban J connectivity index is 1.89. The fourth-order valence-electron chi connectivity index (χ4n) is 2.89. The second kappa shape index (κ2) is 7.89. The van der Waals surface area contributed by atoms with E-state index < -0.39 is 21.7 Å². The first kappa shape index (κ1) is 19.7. The molecule has 2 amide bonds. The first-order valence-corrected chi connectivity index (χ1v) is 9.29. The van der Waals surface area contributed by atoms with Crippen LogP contribution in [0.25, 0.3) is 0 Å². The predicted molar refractivity (Wildman–Crippen MR) is 109 cm³/mol. The predicted octanol–water partition coefficient (Wildman–Crippen LogP) is 4.19. The summed E-state index contributed by atoms with van der Waals surface area (Å²) in [4.78, 5) is 25.6. The van der Waals surface area contributed by atoms with Crippen LogP contribution >= 0.6 is 34.8 Å². The molecule has 1 aliphatic heterocycles. The largest absolute Gasteiger partial charge is 0.344 e. The number of nitrogens with one attached hydrogen (secondary N) is 1. The molecule has 2 atom stereocenters. The first-order valence-electron chi connectivity index (χ1n) is 8.16. The highest BCUT2D eigenvalue weighted by Crippen LogP contribution is 2.38. The van der Waals surface area contributed by atoms with E-state index in [-0.39, 0.29) is 5.91 Å². The van der Waals surface area contributed by atoms with Crippen LogP contribution < -0.4 is 10.3 Å². The maximum Gasteiger partial charge on any atom is 0.258 e. The van der Waals surface area contributed by atoms with Crippen LogP contribution in [0.2, 0.25) is 0 Å². The van der Waals surface area contributed by atoms with Crippen molar-refractivity contribution in [3.8, 4) is 0 Å². The van der Waals surface area contributed by atoms with Gasteiger partial charge in [-0.05, 0) is 31.2 Å². The molecule has 2 aromatic rings. The minimum atomic E-state index is -1.91. The summed E-state index contributed by atoms with van der Waals surface area (Å²) >= 11 is 18.4. The summed E-state index contributed by atoms with van der Waals surface area (Å²) in [5.74, 6) is -1.71. The monoisotopic (exact) mass is 423 g/mol. The molecule has 0 spiro atoms. The average Bonchev–Trinajstić information content (AvgIpc) is 2.94. The topological polar surface area (TPSA) is 61.8 Å². The lowest BCUT2D eigenvalue weighted by atomic mass is 9.95. The van der Waals surface area contributed by atoms with Gasteiger partial charge in [0.2, 0.25) is 3.79 Å². The third-order valence-corrected chi connectivity index (χ3v) is 4.90. The Morgan fingerprint density at radius 1 is 1.07 bits per heavy atom. The minimum absolute atomic E-state index is 0.372. The van der Waals surface area contributed by atoms with Gasteiger partial charge in [0.25, 0.3) is 11.8 Å². The van der Waals surface area contributed by atoms with E-state index >= 15 is 0 Å². The molecule has 0 fully saturated rings. The third kappa shape index (κ3) is 4.26. The van der Waals surface area contributed by atoms with Gasteiger partial charge in [-0.15, -0.1) is 0 Å². The molecule has 0 aliphatic carbocycles. The van der Waals surface area contributed by atoms with Crippen molar-refractivity contribution in [1.29, 1.82) is 0 Å². The van der Waals surface area contributed by atoms with E-state index in [0.717, 1.165) is 0 Å². The molecule has 2 aromatic carbocycles. The molecule has 8 heteroatoms. The van der Waals surface area contributed by atoms with Crippen molar-refractivity contribution in [2.24, 2.45) is 11.0 Å². The standard InChI is InChI=1S/C19H16Cl3N3O2/c1-12-15(18(27)25(24-12)14-10-6-3-7-11-14)16(19(20,21)22)23-17(26)13-8-4-2-5-9-13/h2-11,15-16H,1H3,(H,23,26)/t15-,16-/m1/s1. The summed E-state index contributed by atoms with van der Waals surface area (Å²) < 4.78 is -1.91. The molecule has 5 nitrogen and oxygen atoms in total. The van der Waals surface area contributed by atoms with E-state index in [2.05, 4.69) is 10.4 Å². The van der Waals surface area contributed by atoms with Crippen LogP contribution in [0.4, 0.5) is 5.69 Å². The van der Waals surface area contributed by atoms with Crippen LogP contribution in [0.1, 0.15) is 17.3 Å². The first-order chi connectivity index (χ1) is 12.8. The molecule has 1 heterocycles. The van der Waals surface area contributed by atoms with Gasteiger partial charge in [0, 0.05) is 5.56 Å². The van der Waals surface area contributed by atoms with Gasteiger partial charge in [-0.25, -0.2) is 5.01 Å². The molecular formula is C19H16Cl3N3O2. The molecule has 0 aromatic heterocycles. The van der Waals surface area contributed by atoms with Crippen LogP contribution in [-0.2, 0) is 4.79 Å². The number of carbonyl (C=O) groups excluding carboxylic acids is 2. The lowest BCUT2D eigenvalue weighted by Gasteiger charge is -2.30. The number of alkyl halides is 3. The van der Waals surface area contributed by atoms with Crippen LogP contribution in [-0.4, -0.2) is 27.4 Å². The van der Waals surface area contributed by atoms with Crippen LogP contribution in [0.3, 0.4) is 0 Å². The summed E-state index contributed by atoms with van der Waals surface area (Å²) in [5.41, 5.74) is 1.45. The number of halogens is 3. The Labute approximate surface area is 171 Å². The van der Waals surface area contributed by atoms with Gasteiger partial charge in [0.05, 0.1) is 17.4 Å². The van der Waals surface area contributed by atoms with Crippen molar-refractivity contribution >= 4 is 58.0 Å². The molecule has 0 bridgehead atoms. The summed E-state index contributed by atoms with van der Waals surface area (Å²) in [6.45, 7) is 1.67. The van der Waals surface area contributed by atoms with Crippen LogP contribution in [0.5, 0.6) is 0 Å². The number of hydrazone groups is 1. The van der Waals surface area contributed by atoms with E-state index in [9.17, 15) is 9.59 Å². The summed E-state index contributed by atoms with van der Waals surface area (Å²) in [6.07, 6.45) is 0. The number of nitrogens with zero attached hydrogens (tertiary/aromatic N) is 2. The zero-order chi connectivity index (χ0) is 19.6. The van der Waals surface area contributed by atoms with Gasteiger partial charge < -0.3 is 5.32 Å². The van der Waals surface area contributed by atoms with Crippen molar-refractivity contribution in [2.45, 2.75) is 16.8 Å². The SMILES string of the molecule is CC1=NN(c2ccccc2)C(=O)[C@H]1[C@@H](NC(=O)c1ccccc1)C(Cl)(Cl)Cl. The molecule has 0 radical (unpaired) electrons. The number of hydrogen-bond acceptors (Lipinski definition) is 3. The fraction of sp³-hybridized carbons (Fsp3) is 0.211. The molecule has 3 rings (SSSR count). The molecule has 0 unspecified atom stereocenters. The highest BCUT2D eigenvalue weighted by Gasteiger charge is 2.49. The molecule has 1 aliphatic rings. The molecular weight excluding hydrogens is 409 g/mol. The Kier molecular flexibility index (Phi) is 5.75. The zero-order valence-corrected chi connectivity index (χ0v) is 16.5. The maximum atomic E-state index is 13.0. The summed E-state index contributed by atoms with van der Waals surface area (Å²) in [7, 11) is 0. The quantitative estimate of drug-likeness (QED) is 0.748. The van der Waals surface area contributed by atoms with E-state index in [1.165, 1.54) is 5.01 Å². The maximum absolute atomic E-state index is 13.0. The van der Waals surface area contributed by atoms with Crippen molar-refractivity contribution in [2.75, 3.05) is 5.01 Å². The number of benzene rings is 2. The second-order valence-electron chi connectivity index (χ2n) is 6.06.